The maximum Gasteiger partial charge on any atom is 0.253 e. The Morgan fingerprint density at radius 3 is 2.72 bits per heavy atom. The summed E-state index contributed by atoms with van der Waals surface area (Å²) in [5.74, 6) is 2.42. The number of hydrogen-bond donors (Lipinski definition) is 0. The second-order valence-corrected chi connectivity index (χ2v) is 8.24. The van der Waals surface area contributed by atoms with Crippen molar-refractivity contribution in [1.82, 2.24) is 10.2 Å². The van der Waals surface area contributed by atoms with E-state index >= 15 is 0 Å². The second kappa shape index (κ2) is 8.47. The molecule has 1 aliphatic heterocycles. The monoisotopic (exact) mass is 429 g/mol. The molecular formula is C21H20ClN3O3S. The van der Waals surface area contributed by atoms with Crippen molar-refractivity contribution in [1.29, 1.82) is 0 Å². The molecule has 0 saturated carbocycles. The first-order valence-corrected chi connectivity index (χ1v) is 10.7. The van der Waals surface area contributed by atoms with E-state index < -0.39 is 0 Å². The van der Waals surface area contributed by atoms with Crippen molar-refractivity contribution in [2.75, 3.05) is 5.75 Å². The molecule has 6 nitrogen and oxygen atoms in total. The van der Waals surface area contributed by atoms with Gasteiger partial charge < -0.3 is 8.94 Å². The molecule has 150 valence electrons. The molecule has 29 heavy (non-hydrogen) atoms. The van der Waals surface area contributed by atoms with Gasteiger partial charge in [-0.25, -0.2) is 5.01 Å². The van der Waals surface area contributed by atoms with Gasteiger partial charge in [-0.2, -0.15) is 5.10 Å². The third-order valence-corrected chi connectivity index (χ3v) is 6.06. The standard InChI is InChI=1S/C21H20ClN3O3S/c1-13-17(14(2)28-24-13)11-29-12-21(26)25-19(20-4-3-9-27-20)10-18(23-25)15-5-7-16(22)8-6-15/h3-9,19H,10-12H2,1-2H3. The summed E-state index contributed by atoms with van der Waals surface area (Å²) in [4.78, 5) is 13.0. The van der Waals surface area contributed by atoms with Crippen LogP contribution in [0.3, 0.4) is 0 Å². The van der Waals surface area contributed by atoms with E-state index in [4.69, 9.17) is 20.5 Å². The minimum absolute atomic E-state index is 0.0628. The van der Waals surface area contributed by atoms with Crippen molar-refractivity contribution in [2.45, 2.75) is 32.1 Å². The first-order valence-electron chi connectivity index (χ1n) is 9.21. The zero-order chi connectivity index (χ0) is 20.4. The lowest BCUT2D eigenvalue weighted by atomic mass is 10.0. The molecule has 0 fully saturated rings. The van der Waals surface area contributed by atoms with E-state index in [0.29, 0.717) is 22.9 Å². The van der Waals surface area contributed by atoms with Crippen molar-refractivity contribution in [3.63, 3.8) is 0 Å². The quantitative estimate of drug-likeness (QED) is 0.541. The number of furan rings is 1. The average molecular weight is 430 g/mol. The Bertz CT molecular complexity index is 1010. The molecule has 1 aliphatic rings. The number of carbonyl (C=O) groups is 1. The Balaban J connectivity index is 1.49. The molecule has 2 aromatic heterocycles. The van der Waals surface area contributed by atoms with Crippen molar-refractivity contribution in [3.05, 3.63) is 76.0 Å². The Morgan fingerprint density at radius 2 is 2.07 bits per heavy atom. The van der Waals surface area contributed by atoms with Gasteiger partial charge in [0.25, 0.3) is 5.91 Å². The van der Waals surface area contributed by atoms with Gasteiger partial charge in [0.15, 0.2) is 0 Å². The fraction of sp³-hybridized carbons (Fsp3) is 0.286. The molecular weight excluding hydrogens is 410 g/mol. The smallest absolute Gasteiger partial charge is 0.253 e. The highest BCUT2D eigenvalue weighted by molar-refractivity contribution is 7.99. The van der Waals surface area contributed by atoms with Crippen LogP contribution in [0, 0.1) is 13.8 Å². The van der Waals surface area contributed by atoms with Crippen LogP contribution in [-0.4, -0.2) is 27.5 Å². The minimum atomic E-state index is -0.247. The molecule has 0 N–H and O–H groups in total. The van der Waals surface area contributed by atoms with Crippen molar-refractivity contribution in [2.24, 2.45) is 5.10 Å². The molecule has 3 aromatic rings. The number of amides is 1. The fourth-order valence-electron chi connectivity index (χ4n) is 3.27. The number of halogens is 1. The van der Waals surface area contributed by atoms with Gasteiger partial charge in [0.1, 0.15) is 17.6 Å². The highest BCUT2D eigenvalue weighted by Crippen LogP contribution is 2.34. The molecule has 0 radical (unpaired) electrons. The summed E-state index contributed by atoms with van der Waals surface area (Å²) in [6.07, 6.45) is 2.21. The van der Waals surface area contributed by atoms with E-state index in [0.717, 1.165) is 34.1 Å². The summed E-state index contributed by atoms with van der Waals surface area (Å²) in [5, 5.41) is 10.8. The van der Waals surface area contributed by atoms with E-state index in [-0.39, 0.29) is 11.9 Å². The van der Waals surface area contributed by atoms with Crippen LogP contribution in [0.2, 0.25) is 5.02 Å². The number of rotatable bonds is 6. The van der Waals surface area contributed by atoms with Crippen LogP contribution in [0.1, 0.15) is 40.8 Å². The summed E-state index contributed by atoms with van der Waals surface area (Å²) in [7, 11) is 0. The van der Waals surface area contributed by atoms with Crippen molar-refractivity contribution in [3.8, 4) is 0 Å². The Hall–Kier alpha value is -2.51. The molecule has 1 amide bonds. The van der Waals surface area contributed by atoms with Gasteiger partial charge in [0.2, 0.25) is 0 Å². The van der Waals surface area contributed by atoms with Crippen LogP contribution in [-0.2, 0) is 10.5 Å². The third kappa shape index (κ3) is 4.26. The number of carbonyl (C=O) groups excluding carboxylic acids is 1. The van der Waals surface area contributed by atoms with E-state index in [2.05, 4.69) is 10.3 Å². The van der Waals surface area contributed by atoms with Gasteiger partial charge in [-0.1, -0.05) is 28.9 Å². The van der Waals surface area contributed by atoms with Crippen molar-refractivity contribution < 1.29 is 13.7 Å². The van der Waals surface area contributed by atoms with E-state index in [9.17, 15) is 4.79 Å². The number of benzene rings is 1. The molecule has 4 rings (SSSR count). The van der Waals surface area contributed by atoms with E-state index in [1.165, 1.54) is 11.8 Å². The molecule has 3 heterocycles. The van der Waals surface area contributed by atoms with Crippen molar-refractivity contribution >= 4 is 35.0 Å². The number of thioether (sulfide) groups is 1. The van der Waals surface area contributed by atoms with Gasteiger partial charge in [-0.05, 0) is 43.7 Å². The maximum atomic E-state index is 13.0. The molecule has 0 bridgehead atoms. The summed E-state index contributed by atoms with van der Waals surface area (Å²) in [5.41, 5.74) is 3.69. The van der Waals surface area contributed by atoms with Crippen LogP contribution in [0.15, 0.2) is 56.7 Å². The molecule has 0 saturated heterocycles. The van der Waals surface area contributed by atoms with Gasteiger partial charge in [-0.3, -0.25) is 4.79 Å². The lowest BCUT2D eigenvalue weighted by Crippen LogP contribution is -2.28. The summed E-state index contributed by atoms with van der Waals surface area (Å²) < 4.78 is 10.8. The van der Waals surface area contributed by atoms with E-state index in [1.54, 1.807) is 11.3 Å². The lowest BCUT2D eigenvalue weighted by Gasteiger charge is -2.19. The lowest BCUT2D eigenvalue weighted by molar-refractivity contribution is -0.130. The van der Waals surface area contributed by atoms with Crippen LogP contribution < -0.4 is 0 Å². The number of aromatic nitrogens is 1. The second-order valence-electron chi connectivity index (χ2n) is 6.82. The van der Waals surface area contributed by atoms with Gasteiger partial charge in [0, 0.05) is 22.8 Å². The number of nitrogens with zero attached hydrogens (tertiary/aromatic N) is 3. The van der Waals surface area contributed by atoms with Crippen LogP contribution in [0.4, 0.5) is 0 Å². The topological polar surface area (TPSA) is 71.8 Å². The predicted molar refractivity (Wildman–Crippen MR) is 113 cm³/mol. The Morgan fingerprint density at radius 1 is 1.28 bits per heavy atom. The molecule has 1 unspecified atom stereocenters. The van der Waals surface area contributed by atoms with Gasteiger partial charge >= 0.3 is 0 Å². The van der Waals surface area contributed by atoms with Gasteiger partial charge in [0.05, 0.1) is 23.4 Å². The summed E-state index contributed by atoms with van der Waals surface area (Å²) >= 11 is 7.52. The zero-order valence-corrected chi connectivity index (χ0v) is 17.7. The Kier molecular flexibility index (Phi) is 5.78. The molecule has 1 atom stereocenters. The molecule has 0 spiro atoms. The SMILES string of the molecule is Cc1noc(C)c1CSCC(=O)N1N=C(c2ccc(Cl)cc2)CC1c1ccco1. The van der Waals surface area contributed by atoms with E-state index in [1.807, 2.05) is 50.2 Å². The first kappa shape index (κ1) is 19.8. The largest absolute Gasteiger partial charge is 0.467 e. The van der Waals surface area contributed by atoms with Crippen LogP contribution in [0.5, 0.6) is 0 Å². The number of hydrogen-bond acceptors (Lipinski definition) is 6. The highest BCUT2D eigenvalue weighted by Gasteiger charge is 2.34. The fourth-order valence-corrected chi connectivity index (χ4v) is 4.43. The van der Waals surface area contributed by atoms with Crippen LogP contribution in [0.25, 0.3) is 0 Å². The highest BCUT2D eigenvalue weighted by atomic mass is 35.5. The first-order chi connectivity index (χ1) is 14.0. The number of aryl methyl sites for hydroxylation is 2. The van der Waals surface area contributed by atoms with Crippen LogP contribution >= 0.6 is 23.4 Å². The third-order valence-electron chi connectivity index (χ3n) is 4.87. The van der Waals surface area contributed by atoms with Gasteiger partial charge in [-0.15, -0.1) is 11.8 Å². The average Bonchev–Trinajstić information content (AvgIpc) is 3.44. The predicted octanol–water partition coefficient (Wildman–Crippen LogP) is 5.15. The molecule has 8 heteroatoms. The Labute approximate surface area is 177 Å². The molecule has 0 aliphatic carbocycles. The maximum absolute atomic E-state index is 13.0. The minimum Gasteiger partial charge on any atom is -0.467 e. The zero-order valence-electron chi connectivity index (χ0n) is 16.1. The summed E-state index contributed by atoms with van der Waals surface area (Å²) in [6, 6.07) is 10.9. The molecule has 1 aromatic carbocycles. The summed E-state index contributed by atoms with van der Waals surface area (Å²) in [6.45, 7) is 3.79. The normalized spacial score (nSPS) is 16.3. The number of hydrazone groups is 1.